The van der Waals surface area contributed by atoms with Crippen LogP contribution in [0.1, 0.15) is 37.7 Å². The minimum atomic E-state index is -3.75. The smallest absolute Gasteiger partial charge is 0.238 e. The van der Waals surface area contributed by atoms with E-state index in [0.717, 1.165) is 31.2 Å². The van der Waals surface area contributed by atoms with Gasteiger partial charge >= 0.3 is 0 Å². The van der Waals surface area contributed by atoms with E-state index in [-0.39, 0.29) is 22.9 Å². The zero-order chi connectivity index (χ0) is 20.2. The Balaban J connectivity index is 1.66. The van der Waals surface area contributed by atoms with Crippen molar-refractivity contribution >= 4 is 33.2 Å². The molecule has 4 N–H and O–H groups in total. The number of nitrogens with one attached hydrogen (secondary N) is 2. The standard InChI is InChI=1S/C20H24ClN3O3S/c21-16-6-4-15(5-7-16)20(12-2-1-3-13-20)23-14-19(25)24-17-8-10-18(11-9-17)28(22,26)27/h4-11,23H,1-3,12-14H2,(H,24,25)(H2,22,26,27). The van der Waals surface area contributed by atoms with Crippen LogP contribution in [0.4, 0.5) is 5.69 Å². The SMILES string of the molecule is NS(=O)(=O)c1ccc(NC(=O)CNC2(c3ccc(Cl)cc3)CCCCC2)cc1. The van der Waals surface area contributed by atoms with Gasteiger partial charge in [0.2, 0.25) is 15.9 Å². The molecule has 0 atom stereocenters. The van der Waals surface area contributed by atoms with Gasteiger partial charge in [-0.15, -0.1) is 0 Å². The number of sulfonamides is 1. The van der Waals surface area contributed by atoms with Crippen LogP contribution < -0.4 is 15.8 Å². The van der Waals surface area contributed by atoms with Crippen LogP contribution >= 0.6 is 11.6 Å². The summed E-state index contributed by atoms with van der Waals surface area (Å²) in [5, 5.41) is 12.0. The number of hydrogen-bond donors (Lipinski definition) is 3. The van der Waals surface area contributed by atoms with Gasteiger partial charge in [0.25, 0.3) is 0 Å². The van der Waals surface area contributed by atoms with Crippen molar-refractivity contribution in [2.45, 2.75) is 42.5 Å². The van der Waals surface area contributed by atoms with E-state index in [2.05, 4.69) is 10.6 Å². The molecule has 1 saturated carbocycles. The second kappa shape index (κ2) is 8.61. The van der Waals surface area contributed by atoms with Gasteiger partial charge in [0, 0.05) is 16.2 Å². The molecule has 28 heavy (non-hydrogen) atoms. The van der Waals surface area contributed by atoms with Crippen LogP contribution in [0.3, 0.4) is 0 Å². The molecule has 0 heterocycles. The van der Waals surface area contributed by atoms with Gasteiger partial charge < -0.3 is 5.32 Å². The normalized spacial score (nSPS) is 16.5. The summed E-state index contributed by atoms with van der Waals surface area (Å²) in [6, 6.07) is 13.6. The molecule has 8 heteroatoms. The quantitative estimate of drug-likeness (QED) is 0.665. The summed E-state index contributed by atoms with van der Waals surface area (Å²) >= 11 is 6.02. The third kappa shape index (κ3) is 5.11. The van der Waals surface area contributed by atoms with E-state index in [0.29, 0.717) is 10.7 Å². The molecule has 2 aromatic rings. The highest BCUT2D eigenvalue weighted by Gasteiger charge is 2.33. The van der Waals surface area contributed by atoms with Gasteiger partial charge in [0.1, 0.15) is 0 Å². The maximum Gasteiger partial charge on any atom is 0.238 e. The number of carbonyl (C=O) groups excluding carboxylic acids is 1. The molecule has 1 aliphatic carbocycles. The van der Waals surface area contributed by atoms with E-state index in [4.69, 9.17) is 16.7 Å². The molecule has 0 spiro atoms. The van der Waals surface area contributed by atoms with Gasteiger partial charge in [-0.3, -0.25) is 10.1 Å². The van der Waals surface area contributed by atoms with E-state index in [1.54, 1.807) is 0 Å². The van der Waals surface area contributed by atoms with Crippen molar-refractivity contribution in [2.24, 2.45) is 5.14 Å². The molecule has 0 aromatic heterocycles. The van der Waals surface area contributed by atoms with Crippen LogP contribution in [-0.2, 0) is 20.4 Å². The van der Waals surface area contributed by atoms with E-state index in [1.165, 1.54) is 30.7 Å². The van der Waals surface area contributed by atoms with Gasteiger partial charge in [-0.1, -0.05) is 43.0 Å². The minimum Gasteiger partial charge on any atom is -0.325 e. The molecule has 0 saturated heterocycles. The van der Waals surface area contributed by atoms with Gasteiger partial charge in [-0.05, 0) is 54.8 Å². The lowest BCUT2D eigenvalue weighted by Gasteiger charge is -2.39. The molecule has 150 valence electrons. The minimum absolute atomic E-state index is 0.00696. The highest BCUT2D eigenvalue weighted by Crippen LogP contribution is 2.37. The summed E-state index contributed by atoms with van der Waals surface area (Å²) in [4.78, 5) is 12.4. The first kappa shape index (κ1) is 20.8. The average Bonchev–Trinajstić information content (AvgIpc) is 2.67. The predicted molar refractivity (Wildman–Crippen MR) is 111 cm³/mol. The maximum absolute atomic E-state index is 12.4. The lowest BCUT2D eigenvalue weighted by molar-refractivity contribution is -0.115. The Morgan fingerprint density at radius 1 is 1.00 bits per heavy atom. The Morgan fingerprint density at radius 3 is 2.18 bits per heavy atom. The van der Waals surface area contributed by atoms with E-state index >= 15 is 0 Å². The van der Waals surface area contributed by atoms with Crippen LogP contribution in [0.25, 0.3) is 0 Å². The van der Waals surface area contributed by atoms with Gasteiger partial charge in [-0.25, -0.2) is 13.6 Å². The highest BCUT2D eigenvalue weighted by atomic mass is 35.5. The highest BCUT2D eigenvalue weighted by molar-refractivity contribution is 7.89. The number of nitrogens with two attached hydrogens (primary N) is 1. The van der Waals surface area contributed by atoms with E-state index in [1.807, 2.05) is 24.3 Å². The molecule has 2 aromatic carbocycles. The van der Waals surface area contributed by atoms with Crippen LogP contribution in [0, 0.1) is 0 Å². The molecule has 1 aliphatic rings. The van der Waals surface area contributed by atoms with E-state index < -0.39 is 10.0 Å². The molecule has 0 bridgehead atoms. The van der Waals surface area contributed by atoms with Gasteiger partial charge in [0.05, 0.1) is 11.4 Å². The first-order valence-corrected chi connectivity index (χ1v) is 11.1. The number of hydrogen-bond acceptors (Lipinski definition) is 4. The first-order valence-electron chi connectivity index (χ1n) is 9.22. The first-order chi connectivity index (χ1) is 13.3. The topological polar surface area (TPSA) is 101 Å². The summed E-state index contributed by atoms with van der Waals surface area (Å²) in [5.41, 5.74) is 1.42. The molecular formula is C20H24ClN3O3S. The fraction of sp³-hybridized carbons (Fsp3) is 0.350. The van der Waals surface area contributed by atoms with Crippen LogP contribution in [0.5, 0.6) is 0 Å². The van der Waals surface area contributed by atoms with Crippen molar-refractivity contribution in [3.63, 3.8) is 0 Å². The number of halogens is 1. The lowest BCUT2D eigenvalue weighted by atomic mass is 9.76. The zero-order valence-electron chi connectivity index (χ0n) is 15.4. The third-order valence-corrected chi connectivity index (χ3v) is 6.34. The van der Waals surface area contributed by atoms with Crippen molar-refractivity contribution in [2.75, 3.05) is 11.9 Å². The Morgan fingerprint density at radius 2 is 1.61 bits per heavy atom. The summed E-state index contributed by atoms with van der Waals surface area (Å²) in [6.45, 7) is 0.152. The number of rotatable bonds is 6. The van der Waals surface area contributed by atoms with E-state index in [9.17, 15) is 13.2 Å². The van der Waals surface area contributed by atoms with Crippen molar-refractivity contribution in [3.05, 3.63) is 59.1 Å². The summed E-state index contributed by atoms with van der Waals surface area (Å²) in [5.74, 6) is -0.192. The maximum atomic E-state index is 12.4. The molecule has 0 aliphatic heterocycles. The van der Waals surface area contributed by atoms with Crippen molar-refractivity contribution in [1.29, 1.82) is 0 Å². The fourth-order valence-corrected chi connectivity index (χ4v) is 4.32. The Bertz CT molecular complexity index is 922. The van der Waals surface area contributed by atoms with Crippen molar-refractivity contribution in [3.8, 4) is 0 Å². The monoisotopic (exact) mass is 421 g/mol. The second-order valence-corrected chi connectivity index (χ2v) is 9.12. The third-order valence-electron chi connectivity index (χ3n) is 5.16. The van der Waals surface area contributed by atoms with Gasteiger partial charge in [-0.2, -0.15) is 0 Å². The lowest BCUT2D eigenvalue weighted by Crippen LogP contribution is -2.47. The second-order valence-electron chi connectivity index (χ2n) is 7.12. The predicted octanol–water partition coefficient (Wildman–Crippen LogP) is 3.38. The summed E-state index contributed by atoms with van der Waals surface area (Å²) < 4.78 is 22.6. The van der Waals surface area contributed by atoms with Crippen LogP contribution in [0.15, 0.2) is 53.4 Å². The van der Waals surface area contributed by atoms with Crippen LogP contribution in [-0.4, -0.2) is 20.9 Å². The molecule has 0 radical (unpaired) electrons. The largest absolute Gasteiger partial charge is 0.325 e. The average molecular weight is 422 g/mol. The number of amides is 1. The molecular weight excluding hydrogens is 398 g/mol. The Kier molecular flexibility index (Phi) is 6.40. The van der Waals surface area contributed by atoms with Crippen molar-refractivity contribution < 1.29 is 13.2 Å². The van der Waals surface area contributed by atoms with Gasteiger partial charge in [0.15, 0.2) is 0 Å². The molecule has 1 amide bonds. The number of primary sulfonamides is 1. The Hall–Kier alpha value is -1.93. The Labute approximate surface area is 170 Å². The summed E-state index contributed by atoms with van der Waals surface area (Å²) in [6.07, 6.45) is 5.33. The number of carbonyl (C=O) groups is 1. The van der Waals surface area contributed by atoms with Crippen molar-refractivity contribution in [1.82, 2.24) is 5.32 Å². The zero-order valence-corrected chi connectivity index (χ0v) is 17.0. The molecule has 1 fully saturated rings. The summed E-state index contributed by atoms with van der Waals surface area (Å²) in [7, 11) is -3.75. The molecule has 0 unspecified atom stereocenters. The molecule has 3 rings (SSSR count). The molecule has 6 nitrogen and oxygen atoms in total. The van der Waals surface area contributed by atoms with Crippen LogP contribution in [0.2, 0.25) is 5.02 Å². The number of anilines is 1. The fourth-order valence-electron chi connectivity index (χ4n) is 3.67. The number of benzene rings is 2.